The van der Waals surface area contributed by atoms with Crippen LogP contribution in [0.1, 0.15) is 20.3 Å². The number of benzene rings is 2. The molecule has 0 amide bonds. The number of nitrogens with one attached hydrogen (secondary N) is 2. The van der Waals surface area contributed by atoms with E-state index in [0.29, 0.717) is 17.5 Å². The van der Waals surface area contributed by atoms with Crippen LogP contribution in [0.2, 0.25) is 0 Å². The predicted molar refractivity (Wildman–Crippen MR) is 100 cm³/mol. The van der Waals surface area contributed by atoms with Crippen molar-refractivity contribution < 1.29 is 8.78 Å². The molecule has 1 aromatic heterocycles. The molecule has 1 heterocycles. The Bertz CT molecular complexity index is 864. The number of anilines is 3. The largest absolute Gasteiger partial charge is 0.352 e. The van der Waals surface area contributed by atoms with Crippen molar-refractivity contribution in [1.82, 2.24) is 9.97 Å². The number of hydrogen-bond acceptors (Lipinski definition) is 4. The first-order chi connectivity index (χ1) is 12.6. The zero-order chi connectivity index (χ0) is 18.5. The van der Waals surface area contributed by atoms with E-state index in [1.165, 1.54) is 18.2 Å². The first kappa shape index (κ1) is 17.8. The van der Waals surface area contributed by atoms with Gasteiger partial charge in [-0.2, -0.15) is 4.98 Å². The smallest absolute Gasteiger partial charge is 0.225 e. The minimum Gasteiger partial charge on any atom is -0.352 e. The predicted octanol–water partition coefficient (Wildman–Crippen LogP) is 5.38. The molecule has 2 N–H and O–H groups in total. The second kappa shape index (κ2) is 7.91. The second-order valence-electron chi connectivity index (χ2n) is 6.00. The Morgan fingerprint density at radius 1 is 0.962 bits per heavy atom. The Morgan fingerprint density at radius 2 is 1.65 bits per heavy atom. The fourth-order valence-electron chi connectivity index (χ4n) is 2.40. The van der Waals surface area contributed by atoms with Crippen LogP contribution in [0, 0.1) is 11.6 Å². The van der Waals surface area contributed by atoms with Crippen LogP contribution in [-0.4, -0.2) is 16.0 Å². The van der Waals surface area contributed by atoms with Crippen molar-refractivity contribution in [1.29, 1.82) is 0 Å². The monoisotopic (exact) mass is 354 g/mol. The molecule has 134 valence electrons. The van der Waals surface area contributed by atoms with Gasteiger partial charge in [-0.25, -0.2) is 13.8 Å². The van der Waals surface area contributed by atoms with Crippen LogP contribution in [-0.2, 0) is 0 Å². The Labute approximate surface area is 151 Å². The van der Waals surface area contributed by atoms with Crippen molar-refractivity contribution in [3.63, 3.8) is 0 Å². The highest BCUT2D eigenvalue weighted by molar-refractivity contribution is 5.67. The Hall–Kier alpha value is -3.02. The Balaban J connectivity index is 2.02. The number of hydrogen-bond donors (Lipinski definition) is 2. The van der Waals surface area contributed by atoms with Gasteiger partial charge in [0.15, 0.2) is 0 Å². The maximum absolute atomic E-state index is 14.0. The van der Waals surface area contributed by atoms with Gasteiger partial charge in [-0.05, 0) is 25.5 Å². The standard InChI is InChI=1S/C20H20F2N4/c1-3-13(2)23-20-24-17(14-8-5-4-6-9-14)12-18(26-20)25-19-15(21)10-7-11-16(19)22/h4-13H,3H2,1-2H3,(H2,23,24,25,26)/t13-/m0/s1. The van der Waals surface area contributed by atoms with Gasteiger partial charge in [-0.15, -0.1) is 0 Å². The summed E-state index contributed by atoms with van der Waals surface area (Å²) in [5, 5.41) is 5.95. The van der Waals surface area contributed by atoms with Crippen LogP contribution in [0.4, 0.5) is 26.2 Å². The fourth-order valence-corrected chi connectivity index (χ4v) is 2.40. The van der Waals surface area contributed by atoms with Gasteiger partial charge in [0.1, 0.15) is 23.1 Å². The van der Waals surface area contributed by atoms with E-state index in [1.807, 2.05) is 44.2 Å². The normalized spacial score (nSPS) is 11.8. The SMILES string of the molecule is CC[C@H](C)Nc1nc(Nc2c(F)cccc2F)cc(-c2ccccc2)n1. The van der Waals surface area contributed by atoms with Crippen molar-refractivity contribution in [3.8, 4) is 11.3 Å². The number of aromatic nitrogens is 2. The maximum Gasteiger partial charge on any atom is 0.225 e. The lowest BCUT2D eigenvalue weighted by atomic mass is 10.1. The maximum atomic E-state index is 14.0. The van der Waals surface area contributed by atoms with E-state index >= 15 is 0 Å². The van der Waals surface area contributed by atoms with E-state index in [1.54, 1.807) is 6.07 Å². The van der Waals surface area contributed by atoms with Crippen molar-refractivity contribution in [2.45, 2.75) is 26.3 Å². The van der Waals surface area contributed by atoms with Gasteiger partial charge in [0.25, 0.3) is 0 Å². The number of nitrogens with zero attached hydrogens (tertiary/aromatic N) is 2. The molecule has 3 rings (SSSR count). The summed E-state index contributed by atoms with van der Waals surface area (Å²) in [5.41, 5.74) is 1.31. The van der Waals surface area contributed by atoms with Gasteiger partial charge in [0.05, 0.1) is 5.69 Å². The molecule has 0 saturated heterocycles. The lowest BCUT2D eigenvalue weighted by molar-refractivity contribution is 0.590. The highest BCUT2D eigenvalue weighted by atomic mass is 19.1. The first-order valence-corrected chi connectivity index (χ1v) is 8.49. The van der Waals surface area contributed by atoms with E-state index in [2.05, 4.69) is 20.6 Å². The molecule has 0 aliphatic carbocycles. The molecule has 0 spiro atoms. The molecule has 0 aliphatic rings. The van der Waals surface area contributed by atoms with Crippen molar-refractivity contribution in [3.05, 3.63) is 66.2 Å². The third-order valence-electron chi connectivity index (χ3n) is 4.00. The van der Waals surface area contributed by atoms with E-state index in [0.717, 1.165) is 12.0 Å². The number of halogens is 2. The molecule has 26 heavy (non-hydrogen) atoms. The minimum atomic E-state index is -0.679. The topological polar surface area (TPSA) is 49.8 Å². The van der Waals surface area contributed by atoms with Crippen LogP contribution >= 0.6 is 0 Å². The molecule has 6 heteroatoms. The molecule has 1 atom stereocenters. The summed E-state index contributed by atoms with van der Waals surface area (Å²) in [7, 11) is 0. The van der Waals surface area contributed by atoms with Gasteiger partial charge in [-0.3, -0.25) is 0 Å². The molecule has 3 aromatic rings. The van der Waals surface area contributed by atoms with Crippen LogP contribution in [0.5, 0.6) is 0 Å². The van der Waals surface area contributed by atoms with Crippen molar-refractivity contribution in [2.24, 2.45) is 0 Å². The minimum absolute atomic E-state index is 0.166. The summed E-state index contributed by atoms with van der Waals surface area (Å²) in [6, 6.07) is 15.1. The van der Waals surface area contributed by atoms with Gasteiger partial charge in [-0.1, -0.05) is 43.3 Å². The third-order valence-corrected chi connectivity index (χ3v) is 4.00. The fraction of sp³-hybridized carbons (Fsp3) is 0.200. The lowest BCUT2D eigenvalue weighted by Crippen LogP contribution is -2.16. The summed E-state index contributed by atoms with van der Waals surface area (Å²) in [5.74, 6) is -0.642. The van der Waals surface area contributed by atoms with E-state index in [9.17, 15) is 8.78 Å². The van der Waals surface area contributed by atoms with Crippen LogP contribution < -0.4 is 10.6 Å². The molecule has 2 aromatic carbocycles. The zero-order valence-corrected chi connectivity index (χ0v) is 14.6. The lowest BCUT2D eigenvalue weighted by Gasteiger charge is -2.15. The molecule has 0 unspecified atom stereocenters. The van der Waals surface area contributed by atoms with E-state index < -0.39 is 11.6 Å². The molecule has 0 fully saturated rings. The van der Waals surface area contributed by atoms with Crippen molar-refractivity contribution >= 4 is 17.5 Å². The summed E-state index contributed by atoms with van der Waals surface area (Å²) in [4.78, 5) is 8.89. The summed E-state index contributed by atoms with van der Waals surface area (Å²) in [6.45, 7) is 4.06. The van der Waals surface area contributed by atoms with Crippen molar-refractivity contribution in [2.75, 3.05) is 10.6 Å². The van der Waals surface area contributed by atoms with E-state index in [4.69, 9.17) is 0 Å². The highest BCUT2D eigenvalue weighted by Crippen LogP contribution is 2.26. The van der Waals surface area contributed by atoms with Gasteiger partial charge in [0.2, 0.25) is 5.95 Å². The summed E-state index contributed by atoms with van der Waals surface area (Å²) < 4.78 is 27.9. The summed E-state index contributed by atoms with van der Waals surface area (Å²) >= 11 is 0. The van der Waals surface area contributed by atoms with Crippen LogP contribution in [0.15, 0.2) is 54.6 Å². The van der Waals surface area contributed by atoms with Crippen LogP contribution in [0.3, 0.4) is 0 Å². The molecule has 0 radical (unpaired) electrons. The molecular formula is C20H20F2N4. The molecule has 0 aliphatic heterocycles. The zero-order valence-electron chi connectivity index (χ0n) is 14.6. The van der Waals surface area contributed by atoms with Crippen LogP contribution in [0.25, 0.3) is 11.3 Å². The van der Waals surface area contributed by atoms with E-state index in [-0.39, 0.29) is 11.7 Å². The third kappa shape index (κ3) is 4.14. The summed E-state index contributed by atoms with van der Waals surface area (Å²) in [6.07, 6.45) is 0.892. The first-order valence-electron chi connectivity index (χ1n) is 8.49. The number of para-hydroxylation sites is 1. The molecule has 0 saturated carbocycles. The van der Waals surface area contributed by atoms with Gasteiger partial charge in [0, 0.05) is 17.7 Å². The molecule has 4 nitrogen and oxygen atoms in total. The second-order valence-corrected chi connectivity index (χ2v) is 6.00. The Kier molecular flexibility index (Phi) is 5.41. The van der Waals surface area contributed by atoms with Gasteiger partial charge >= 0.3 is 0 Å². The van der Waals surface area contributed by atoms with Gasteiger partial charge < -0.3 is 10.6 Å². The highest BCUT2D eigenvalue weighted by Gasteiger charge is 2.13. The molecular weight excluding hydrogens is 334 g/mol. The number of rotatable bonds is 6. The average Bonchev–Trinajstić information content (AvgIpc) is 2.65. The Morgan fingerprint density at radius 3 is 2.31 bits per heavy atom. The quantitative estimate of drug-likeness (QED) is 0.624. The molecule has 0 bridgehead atoms. The average molecular weight is 354 g/mol.